The second kappa shape index (κ2) is 6.69. The lowest BCUT2D eigenvalue weighted by Gasteiger charge is -2.09. The number of nitrogens with one attached hydrogen (secondary N) is 1. The number of aliphatic hydroxyl groups excluding tert-OH is 1. The average Bonchev–Trinajstić information content (AvgIpc) is 2.41. The highest BCUT2D eigenvalue weighted by atomic mass is 79.9. The molecule has 0 spiro atoms. The van der Waals surface area contributed by atoms with Gasteiger partial charge in [-0.15, -0.1) is 0 Å². The molecule has 0 bridgehead atoms. The molecule has 0 atom stereocenters. The SMILES string of the molecule is OCc1ccccc1CNCc1ccccc1Br. The third-order valence-corrected chi connectivity index (χ3v) is 3.65. The van der Waals surface area contributed by atoms with Gasteiger partial charge in [0.25, 0.3) is 0 Å². The van der Waals surface area contributed by atoms with Gasteiger partial charge in [0.1, 0.15) is 0 Å². The zero-order valence-electron chi connectivity index (χ0n) is 10.1. The van der Waals surface area contributed by atoms with Crippen LogP contribution >= 0.6 is 15.9 Å². The summed E-state index contributed by atoms with van der Waals surface area (Å²) in [6, 6.07) is 16.1. The predicted molar refractivity (Wildman–Crippen MR) is 77.1 cm³/mol. The fourth-order valence-electron chi connectivity index (χ4n) is 1.86. The van der Waals surface area contributed by atoms with Gasteiger partial charge in [0.05, 0.1) is 6.61 Å². The lowest BCUT2D eigenvalue weighted by Crippen LogP contribution is -2.14. The molecule has 2 aromatic carbocycles. The van der Waals surface area contributed by atoms with Crippen molar-refractivity contribution in [3.05, 3.63) is 69.7 Å². The Balaban J connectivity index is 1.95. The van der Waals surface area contributed by atoms with Crippen molar-refractivity contribution in [3.8, 4) is 0 Å². The first kappa shape index (κ1) is 13.3. The molecule has 2 nitrogen and oxygen atoms in total. The van der Waals surface area contributed by atoms with Crippen LogP contribution in [0.4, 0.5) is 0 Å². The summed E-state index contributed by atoms with van der Waals surface area (Å²) in [4.78, 5) is 0. The summed E-state index contributed by atoms with van der Waals surface area (Å²) >= 11 is 3.53. The van der Waals surface area contributed by atoms with Crippen LogP contribution in [0.2, 0.25) is 0 Å². The number of aliphatic hydroxyl groups is 1. The van der Waals surface area contributed by atoms with Gasteiger partial charge in [-0.1, -0.05) is 58.4 Å². The van der Waals surface area contributed by atoms with E-state index < -0.39 is 0 Å². The van der Waals surface area contributed by atoms with Crippen molar-refractivity contribution in [2.24, 2.45) is 0 Å². The topological polar surface area (TPSA) is 32.3 Å². The van der Waals surface area contributed by atoms with Gasteiger partial charge in [-0.3, -0.25) is 0 Å². The van der Waals surface area contributed by atoms with E-state index in [4.69, 9.17) is 0 Å². The summed E-state index contributed by atoms with van der Waals surface area (Å²) in [5, 5.41) is 12.6. The first-order valence-electron chi connectivity index (χ1n) is 5.93. The van der Waals surface area contributed by atoms with E-state index in [9.17, 15) is 5.11 Å². The molecule has 0 aromatic heterocycles. The van der Waals surface area contributed by atoms with Crippen molar-refractivity contribution >= 4 is 15.9 Å². The van der Waals surface area contributed by atoms with Gasteiger partial charge >= 0.3 is 0 Å². The minimum Gasteiger partial charge on any atom is -0.392 e. The molecule has 18 heavy (non-hydrogen) atoms. The minimum atomic E-state index is 0.0902. The lowest BCUT2D eigenvalue weighted by molar-refractivity contribution is 0.280. The normalized spacial score (nSPS) is 10.6. The van der Waals surface area contributed by atoms with Crippen LogP contribution in [-0.2, 0) is 19.7 Å². The molecule has 0 heterocycles. The van der Waals surface area contributed by atoms with Crippen LogP contribution in [0.25, 0.3) is 0 Å². The van der Waals surface area contributed by atoms with E-state index >= 15 is 0 Å². The number of hydrogen-bond donors (Lipinski definition) is 2. The number of halogens is 1. The molecule has 2 aromatic rings. The Morgan fingerprint density at radius 2 is 1.39 bits per heavy atom. The third kappa shape index (κ3) is 3.42. The molecule has 3 heteroatoms. The van der Waals surface area contributed by atoms with Crippen LogP contribution < -0.4 is 5.32 Å². The maximum absolute atomic E-state index is 9.24. The van der Waals surface area contributed by atoms with Crippen LogP contribution in [0.1, 0.15) is 16.7 Å². The zero-order chi connectivity index (χ0) is 12.8. The third-order valence-electron chi connectivity index (χ3n) is 2.88. The standard InChI is InChI=1S/C15H16BrNO/c16-15-8-4-3-6-13(15)10-17-9-12-5-1-2-7-14(12)11-18/h1-8,17-18H,9-11H2. The molecule has 0 saturated heterocycles. The minimum absolute atomic E-state index is 0.0902. The molecule has 0 amide bonds. The van der Waals surface area contributed by atoms with Gasteiger partial charge in [0.15, 0.2) is 0 Å². The highest BCUT2D eigenvalue weighted by molar-refractivity contribution is 9.10. The van der Waals surface area contributed by atoms with Crippen LogP contribution in [0, 0.1) is 0 Å². The van der Waals surface area contributed by atoms with Gasteiger partial charge in [0.2, 0.25) is 0 Å². The Morgan fingerprint density at radius 1 is 0.833 bits per heavy atom. The molecule has 0 aliphatic rings. The number of benzene rings is 2. The predicted octanol–water partition coefficient (Wildman–Crippen LogP) is 3.23. The van der Waals surface area contributed by atoms with Gasteiger partial charge in [0, 0.05) is 17.6 Å². The molecular weight excluding hydrogens is 290 g/mol. The van der Waals surface area contributed by atoms with E-state index in [1.54, 1.807) is 0 Å². The molecule has 0 unspecified atom stereocenters. The van der Waals surface area contributed by atoms with Crippen molar-refractivity contribution < 1.29 is 5.11 Å². The highest BCUT2D eigenvalue weighted by Gasteiger charge is 2.01. The molecule has 2 rings (SSSR count). The Hall–Kier alpha value is -1.16. The van der Waals surface area contributed by atoms with Crippen molar-refractivity contribution in [1.29, 1.82) is 0 Å². The molecule has 0 radical (unpaired) electrons. The number of hydrogen-bond acceptors (Lipinski definition) is 2. The van der Waals surface area contributed by atoms with Crippen molar-refractivity contribution in [2.45, 2.75) is 19.7 Å². The fraction of sp³-hybridized carbons (Fsp3) is 0.200. The van der Waals surface area contributed by atoms with Crippen molar-refractivity contribution in [3.63, 3.8) is 0 Å². The quantitative estimate of drug-likeness (QED) is 0.889. The first-order valence-corrected chi connectivity index (χ1v) is 6.72. The smallest absolute Gasteiger partial charge is 0.0685 e. The highest BCUT2D eigenvalue weighted by Crippen LogP contribution is 2.16. The molecule has 0 saturated carbocycles. The van der Waals surface area contributed by atoms with E-state index in [1.807, 2.05) is 42.5 Å². The average molecular weight is 306 g/mol. The lowest BCUT2D eigenvalue weighted by atomic mass is 10.1. The van der Waals surface area contributed by atoms with Crippen LogP contribution in [0.5, 0.6) is 0 Å². The summed E-state index contributed by atoms with van der Waals surface area (Å²) in [6.45, 7) is 1.66. The maximum Gasteiger partial charge on any atom is 0.0685 e. The second-order valence-corrected chi connectivity index (χ2v) is 4.98. The van der Waals surface area contributed by atoms with Gasteiger partial charge in [-0.25, -0.2) is 0 Å². The van der Waals surface area contributed by atoms with Gasteiger partial charge < -0.3 is 10.4 Å². The number of rotatable bonds is 5. The van der Waals surface area contributed by atoms with Crippen molar-refractivity contribution in [2.75, 3.05) is 0 Å². The summed E-state index contributed by atoms with van der Waals surface area (Å²) in [7, 11) is 0. The molecule has 0 aliphatic carbocycles. The summed E-state index contributed by atoms with van der Waals surface area (Å²) in [5.74, 6) is 0. The molecule has 2 N–H and O–H groups in total. The molecule has 0 aliphatic heterocycles. The molecule has 94 valence electrons. The summed E-state index contributed by atoms with van der Waals surface area (Å²) < 4.78 is 1.12. The molecular formula is C15H16BrNO. The second-order valence-electron chi connectivity index (χ2n) is 4.12. The van der Waals surface area contributed by atoms with E-state index in [-0.39, 0.29) is 6.61 Å². The Kier molecular flexibility index (Phi) is 4.93. The van der Waals surface area contributed by atoms with Crippen molar-refractivity contribution in [1.82, 2.24) is 5.32 Å². The Labute approximate surface area is 116 Å². The monoisotopic (exact) mass is 305 g/mol. The van der Waals surface area contributed by atoms with Gasteiger partial charge in [-0.2, -0.15) is 0 Å². The largest absolute Gasteiger partial charge is 0.392 e. The van der Waals surface area contributed by atoms with Crippen LogP contribution in [0.3, 0.4) is 0 Å². The van der Waals surface area contributed by atoms with E-state index in [0.717, 1.165) is 28.7 Å². The summed E-state index contributed by atoms with van der Waals surface area (Å²) in [5.41, 5.74) is 3.36. The van der Waals surface area contributed by atoms with Crippen LogP contribution in [-0.4, -0.2) is 5.11 Å². The fourth-order valence-corrected chi connectivity index (χ4v) is 2.28. The first-order chi connectivity index (χ1) is 8.81. The van der Waals surface area contributed by atoms with E-state index in [1.165, 1.54) is 5.56 Å². The maximum atomic E-state index is 9.24. The van der Waals surface area contributed by atoms with E-state index in [2.05, 4.69) is 27.3 Å². The Bertz CT molecular complexity index is 513. The van der Waals surface area contributed by atoms with Gasteiger partial charge in [-0.05, 0) is 22.8 Å². The van der Waals surface area contributed by atoms with E-state index in [0.29, 0.717) is 0 Å². The summed E-state index contributed by atoms with van der Waals surface area (Å²) in [6.07, 6.45) is 0. The molecule has 0 fully saturated rings. The Morgan fingerprint density at radius 3 is 2.06 bits per heavy atom. The zero-order valence-corrected chi connectivity index (χ0v) is 11.7. The van der Waals surface area contributed by atoms with Crippen LogP contribution in [0.15, 0.2) is 53.0 Å².